The molecule has 0 bridgehead atoms. The van der Waals surface area contributed by atoms with E-state index in [4.69, 9.17) is 0 Å². The van der Waals surface area contributed by atoms with Crippen molar-refractivity contribution >= 4 is 16.8 Å². The molecule has 0 unspecified atom stereocenters. The molecule has 0 aliphatic rings. The van der Waals surface area contributed by atoms with E-state index in [9.17, 15) is 4.79 Å². The van der Waals surface area contributed by atoms with Crippen LogP contribution in [0.3, 0.4) is 0 Å². The van der Waals surface area contributed by atoms with Crippen LogP contribution < -0.4 is 0 Å². The monoisotopic (exact) mass is 201 g/mol. The van der Waals surface area contributed by atoms with Crippen LogP contribution in [0.4, 0.5) is 0 Å². The van der Waals surface area contributed by atoms with Gasteiger partial charge in [-0.05, 0) is 18.1 Å². The first-order chi connectivity index (χ1) is 7.24. The number of carbonyl (C=O) groups excluding carboxylic acids is 1. The van der Waals surface area contributed by atoms with Gasteiger partial charge in [0.05, 0.1) is 5.52 Å². The number of benzene rings is 1. The second-order valence-corrected chi connectivity index (χ2v) is 3.81. The number of para-hydroxylation sites is 1. The first-order valence-electron chi connectivity index (χ1n) is 5.34. The van der Waals surface area contributed by atoms with Gasteiger partial charge >= 0.3 is 0 Å². The largest absolute Gasteiger partial charge is 0.287 e. The molecule has 0 atom stereocenters. The number of hydrogen-bond acceptors (Lipinski definition) is 1. The number of carbonyl (C=O) groups is 1. The Labute approximate surface area is 89.5 Å². The van der Waals surface area contributed by atoms with Gasteiger partial charge in [-0.2, -0.15) is 0 Å². The molecular weight excluding hydrogens is 186 g/mol. The Bertz CT molecular complexity index is 496. The van der Waals surface area contributed by atoms with E-state index in [1.54, 1.807) is 11.5 Å². The first-order valence-corrected chi connectivity index (χ1v) is 5.34. The first kappa shape index (κ1) is 9.97. The molecular formula is C13H15NO. The van der Waals surface area contributed by atoms with Gasteiger partial charge in [-0.15, -0.1) is 0 Å². The molecule has 0 saturated carbocycles. The molecule has 2 heteroatoms. The summed E-state index contributed by atoms with van der Waals surface area (Å²) in [6, 6.07) is 8.07. The van der Waals surface area contributed by atoms with Crippen molar-refractivity contribution in [1.29, 1.82) is 0 Å². The summed E-state index contributed by atoms with van der Waals surface area (Å²) in [5.41, 5.74) is 2.29. The van der Waals surface area contributed by atoms with E-state index in [1.165, 1.54) is 10.9 Å². The maximum absolute atomic E-state index is 11.4. The average Bonchev–Trinajstić information content (AvgIpc) is 2.59. The Morgan fingerprint density at radius 2 is 2.07 bits per heavy atom. The normalized spacial score (nSPS) is 10.8. The lowest BCUT2D eigenvalue weighted by atomic mass is 10.1. The van der Waals surface area contributed by atoms with Crippen LogP contribution in [0.5, 0.6) is 0 Å². The number of aromatic nitrogens is 1. The van der Waals surface area contributed by atoms with Gasteiger partial charge in [0.2, 0.25) is 5.91 Å². The molecule has 1 aromatic carbocycles. The molecule has 1 aromatic heterocycles. The molecule has 0 N–H and O–H groups in total. The van der Waals surface area contributed by atoms with E-state index in [2.05, 4.69) is 13.0 Å². The minimum atomic E-state index is 0.0774. The molecule has 2 rings (SSSR count). The third-order valence-electron chi connectivity index (χ3n) is 2.65. The fourth-order valence-corrected chi connectivity index (χ4v) is 1.98. The summed E-state index contributed by atoms with van der Waals surface area (Å²) < 4.78 is 1.74. The molecule has 0 spiro atoms. The van der Waals surface area contributed by atoms with Crippen LogP contribution in [0, 0.1) is 0 Å². The van der Waals surface area contributed by atoms with E-state index in [0.717, 1.165) is 18.4 Å². The Morgan fingerprint density at radius 3 is 2.73 bits per heavy atom. The molecule has 2 nitrogen and oxygen atoms in total. The van der Waals surface area contributed by atoms with E-state index in [-0.39, 0.29) is 5.91 Å². The predicted octanol–water partition coefficient (Wildman–Crippen LogP) is 3.25. The van der Waals surface area contributed by atoms with Crippen LogP contribution in [0.1, 0.15) is 30.6 Å². The van der Waals surface area contributed by atoms with E-state index in [1.807, 2.05) is 24.4 Å². The van der Waals surface area contributed by atoms with Crippen molar-refractivity contribution in [3.05, 3.63) is 36.0 Å². The number of hydrogen-bond donors (Lipinski definition) is 0. The lowest BCUT2D eigenvalue weighted by Gasteiger charge is -1.97. The van der Waals surface area contributed by atoms with Gasteiger partial charge in [0.15, 0.2) is 0 Å². The van der Waals surface area contributed by atoms with Crippen LogP contribution in [-0.4, -0.2) is 10.5 Å². The lowest BCUT2D eigenvalue weighted by Crippen LogP contribution is -2.02. The Morgan fingerprint density at radius 1 is 1.33 bits per heavy atom. The van der Waals surface area contributed by atoms with Crippen molar-refractivity contribution in [2.24, 2.45) is 0 Å². The summed E-state index contributed by atoms with van der Waals surface area (Å²) >= 11 is 0. The molecule has 0 amide bonds. The van der Waals surface area contributed by atoms with E-state index in [0.29, 0.717) is 0 Å². The molecule has 78 valence electrons. The maximum atomic E-state index is 11.4. The minimum absolute atomic E-state index is 0.0774. The Balaban J connectivity index is 2.67. The van der Waals surface area contributed by atoms with E-state index >= 15 is 0 Å². The topological polar surface area (TPSA) is 22.0 Å². The van der Waals surface area contributed by atoms with Gasteiger partial charge in [0.1, 0.15) is 0 Å². The average molecular weight is 201 g/mol. The summed E-state index contributed by atoms with van der Waals surface area (Å²) in [5.74, 6) is 0.0774. The van der Waals surface area contributed by atoms with Crippen molar-refractivity contribution in [1.82, 2.24) is 4.57 Å². The second kappa shape index (κ2) is 3.89. The molecule has 1 heterocycles. The fraction of sp³-hybridized carbons (Fsp3) is 0.308. The molecule has 0 saturated heterocycles. The van der Waals surface area contributed by atoms with Gasteiger partial charge in [-0.3, -0.25) is 9.36 Å². The van der Waals surface area contributed by atoms with Gasteiger partial charge in [-0.25, -0.2) is 0 Å². The third kappa shape index (κ3) is 1.67. The van der Waals surface area contributed by atoms with Gasteiger partial charge in [0.25, 0.3) is 0 Å². The van der Waals surface area contributed by atoms with Gasteiger partial charge < -0.3 is 0 Å². The standard InChI is InChI=1S/C13H15NO/c1-3-6-11-9-14(10(2)15)13-8-5-4-7-12(11)13/h4-5,7-9H,3,6H2,1-2H3. The summed E-state index contributed by atoms with van der Waals surface area (Å²) in [4.78, 5) is 11.4. The summed E-state index contributed by atoms with van der Waals surface area (Å²) in [6.07, 6.45) is 4.10. The highest BCUT2D eigenvalue weighted by atomic mass is 16.1. The zero-order valence-electron chi connectivity index (χ0n) is 9.16. The number of nitrogens with zero attached hydrogens (tertiary/aromatic N) is 1. The highest BCUT2D eigenvalue weighted by Crippen LogP contribution is 2.22. The van der Waals surface area contributed by atoms with Crippen LogP contribution in [-0.2, 0) is 6.42 Å². The highest BCUT2D eigenvalue weighted by Gasteiger charge is 2.09. The summed E-state index contributed by atoms with van der Waals surface area (Å²) in [7, 11) is 0. The molecule has 0 radical (unpaired) electrons. The van der Waals surface area contributed by atoms with Crippen molar-refractivity contribution in [2.45, 2.75) is 26.7 Å². The number of rotatable bonds is 2. The van der Waals surface area contributed by atoms with Gasteiger partial charge in [-0.1, -0.05) is 31.5 Å². The van der Waals surface area contributed by atoms with Crippen LogP contribution >= 0.6 is 0 Å². The van der Waals surface area contributed by atoms with Crippen molar-refractivity contribution in [2.75, 3.05) is 0 Å². The molecule has 0 aliphatic carbocycles. The maximum Gasteiger partial charge on any atom is 0.227 e. The smallest absolute Gasteiger partial charge is 0.227 e. The second-order valence-electron chi connectivity index (χ2n) is 3.81. The summed E-state index contributed by atoms with van der Waals surface area (Å²) in [6.45, 7) is 3.75. The predicted molar refractivity (Wildman–Crippen MR) is 62.2 cm³/mol. The van der Waals surface area contributed by atoms with Crippen LogP contribution in [0.25, 0.3) is 10.9 Å². The zero-order chi connectivity index (χ0) is 10.8. The fourth-order valence-electron chi connectivity index (χ4n) is 1.98. The van der Waals surface area contributed by atoms with Gasteiger partial charge in [0, 0.05) is 18.5 Å². The quantitative estimate of drug-likeness (QED) is 0.731. The summed E-state index contributed by atoms with van der Waals surface area (Å²) in [5, 5.41) is 1.20. The van der Waals surface area contributed by atoms with Crippen LogP contribution in [0.2, 0.25) is 0 Å². The zero-order valence-corrected chi connectivity index (χ0v) is 9.16. The molecule has 0 aliphatic heterocycles. The van der Waals surface area contributed by atoms with E-state index < -0.39 is 0 Å². The third-order valence-corrected chi connectivity index (χ3v) is 2.65. The lowest BCUT2D eigenvalue weighted by molar-refractivity contribution is 0.0941. The van der Waals surface area contributed by atoms with Crippen molar-refractivity contribution < 1.29 is 4.79 Å². The SMILES string of the molecule is CCCc1cn(C(C)=O)c2ccccc12. The number of fused-ring (bicyclic) bond motifs is 1. The Kier molecular flexibility index (Phi) is 2.58. The van der Waals surface area contributed by atoms with Crippen molar-refractivity contribution in [3.8, 4) is 0 Å². The highest BCUT2D eigenvalue weighted by molar-refractivity contribution is 5.93. The Hall–Kier alpha value is -1.57. The minimum Gasteiger partial charge on any atom is -0.287 e. The van der Waals surface area contributed by atoms with Crippen LogP contribution in [0.15, 0.2) is 30.5 Å². The number of aryl methyl sites for hydroxylation is 1. The molecule has 15 heavy (non-hydrogen) atoms. The molecule has 0 fully saturated rings. The van der Waals surface area contributed by atoms with Crippen molar-refractivity contribution in [3.63, 3.8) is 0 Å². The molecule has 2 aromatic rings.